The van der Waals surface area contributed by atoms with Crippen molar-refractivity contribution in [1.82, 2.24) is 9.97 Å². The maximum absolute atomic E-state index is 13.9. The molecule has 1 fully saturated rings. The second-order valence-electron chi connectivity index (χ2n) is 4.81. The van der Waals surface area contributed by atoms with Gasteiger partial charge in [0.15, 0.2) is 11.6 Å². The van der Waals surface area contributed by atoms with Gasteiger partial charge in [-0.3, -0.25) is 0 Å². The molecule has 0 aliphatic carbocycles. The fraction of sp³-hybridized carbons (Fsp3) is 0.286. The minimum absolute atomic E-state index is 0.307. The van der Waals surface area contributed by atoms with E-state index >= 15 is 0 Å². The third kappa shape index (κ3) is 3.12. The molecule has 0 unspecified atom stereocenters. The van der Waals surface area contributed by atoms with Crippen molar-refractivity contribution in [2.45, 2.75) is 0 Å². The van der Waals surface area contributed by atoms with Crippen LogP contribution in [0.3, 0.4) is 0 Å². The van der Waals surface area contributed by atoms with E-state index in [-0.39, 0.29) is 5.82 Å². The Kier molecular flexibility index (Phi) is 4.39. The molecule has 6 nitrogen and oxygen atoms in total. The van der Waals surface area contributed by atoms with Gasteiger partial charge in [0.05, 0.1) is 18.9 Å². The lowest BCUT2D eigenvalue weighted by atomic mass is 10.3. The summed E-state index contributed by atoms with van der Waals surface area (Å²) < 4.78 is 19.9. The van der Waals surface area contributed by atoms with E-state index < -0.39 is 0 Å². The first-order chi connectivity index (χ1) is 10.6. The third-order valence-electron chi connectivity index (χ3n) is 3.36. The van der Waals surface area contributed by atoms with Crippen LogP contribution in [0.1, 0.15) is 0 Å². The molecule has 0 atom stereocenters. The Labute approximate surface area is 135 Å². The molecule has 3 rings (SSSR count). The number of nitrogens with two attached hydrogens (primary N) is 1. The number of hydrogen-bond donors (Lipinski definition) is 2. The predicted molar refractivity (Wildman–Crippen MR) is 86.9 cm³/mol. The molecule has 0 saturated carbocycles. The molecule has 2 heterocycles. The second-order valence-corrected chi connectivity index (χ2v) is 5.72. The van der Waals surface area contributed by atoms with E-state index in [2.05, 4.69) is 31.2 Å². The van der Waals surface area contributed by atoms with Gasteiger partial charge < -0.3 is 20.7 Å². The van der Waals surface area contributed by atoms with Crippen LogP contribution in [0, 0.1) is 5.82 Å². The monoisotopic (exact) mass is 367 g/mol. The number of halogens is 2. The van der Waals surface area contributed by atoms with Gasteiger partial charge >= 0.3 is 0 Å². The molecule has 2 aromatic rings. The summed E-state index contributed by atoms with van der Waals surface area (Å²) in [6.45, 7) is 2.70. The quantitative estimate of drug-likeness (QED) is 0.867. The lowest BCUT2D eigenvalue weighted by molar-refractivity contribution is 0.122. The Morgan fingerprint density at radius 2 is 2.05 bits per heavy atom. The fourth-order valence-electron chi connectivity index (χ4n) is 2.23. The molecular formula is C14H15BrFN5O. The van der Waals surface area contributed by atoms with E-state index in [1.807, 2.05) is 4.90 Å². The number of ether oxygens (including phenoxy) is 1. The van der Waals surface area contributed by atoms with Crippen LogP contribution in [0.2, 0.25) is 0 Å². The molecule has 22 heavy (non-hydrogen) atoms. The van der Waals surface area contributed by atoms with Crippen LogP contribution in [-0.2, 0) is 4.74 Å². The van der Waals surface area contributed by atoms with Gasteiger partial charge in [-0.1, -0.05) is 15.9 Å². The van der Waals surface area contributed by atoms with Crippen LogP contribution >= 0.6 is 15.9 Å². The van der Waals surface area contributed by atoms with Gasteiger partial charge in [0.1, 0.15) is 17.8 Å². The van der Waals surface area contributed by atoms with Gasteiger partial charge in [-0.2, -0.15) is 0 Å². The number of nitrogens with zero attached hydrogens (tertiary/aromatic N) is 3. The topological polar surface area (TPSA) is 76.3 Å². The van der Waals surface area contributed by atoms with Gasteiger partial charge in [-0.25, -0.2) is 14.4 Å². The first kappa shape index (κ1) is 15.0. The Bertz CT molecular complexity index is 678. The maximum Gasteiger partial charge on any atom is 0.159 e. The van der Waals surface area contributed by atoms with Crippen molar-refractivity contribution < 1.29 is 9.13 Å². The summed E-state index contributed by atoms with van der Waals surface area (Å²) in [5.74, 6) is 0.636. The maximum atomic E-state index is 13.9. The van der Waals surface area contributed by atoms with Crippen molar-refractivity contribution in [3.05, 3.63) is 34.8 Å². The molecule has 0 bridgehead atoms. The average Bonchev–Trinajstić information content (AvgIpc) is 2.53. The second kappa shape index (κ2) is 6.45. The molecule has 3 N–H and O–H groups in total. The number of nitrogen functional groups attached to an aromatic ring is 1. The molecule has 0 spiro atoms. The van der Waals surface area contributed by atoms with E-state index in [1.54, 1.807) is 12.1 Å². The summed E-state index contributed by atoms with van der Waals surface area (Å²) in [6, 6.07) is 4.74. The lowest BCUT2D eigenvalue weighted by Crippen LogP contribution is -2.37. The number of benzene rings is 1. The fourth-order valence-corrected chi connectivity index (χ4v) is 2.56. The zero-order valence-electron chi connectivity index (χ0n) is 11.7. The summed E-state index contributed by atoms with van der Waals surface area (Å²) in [5.41, 5.74) is 6.84. The van der Waals surface area contributed by atoms with E-state index in [0.717, 1.165) is 0 Å². The highest BCUT2D eigenvalue weighted by atomic mass is 79.9. The molecular weight excluding hydrogens is 353 g/mol. The minimum atomic E-state index is -0.389. The van der Waals surface area contributed by atoms with Crippen LogP contribution in [0.4, 0.5) is 27.4 Å². The number of morpholine rings is 1. The molecule has 1 aliphatic heterocycles. The van der Waals surface area contributed by atoms with Crippen LogP contribution in [0.5, 0.6) is 0 Å². The molecule has 1 aromatic carbocycles. The molecule has 8 heteroatoms. The largest absolute Gasteiger partial charge is 0.393 e. The smallest absolute Gasteiger partial charge is 0.159 e. The number of rotatable bonds is 3. The number of hydrogen-bond acceptors (Lipinski definition) is 6. The summed E-state index contributed by atoms with van der Waals surface area (Å²) >= 11 is 3.22. The van der Waals surface area contributed by atoms with Crippen molar-refractivity contribution in [2.24, 2.45) is 0 Å². The standard InChI is InChI=1S/C14H15BrFN5O/c15-9-1-2-11(10(16)7-9)20-13-12(17)14(19-8-18-13)21-3-5-22-6-4-21/h1-2,7-8H,3-6,17H2,(H,18,19,20). The van der Waals surface area contributed by atoms with Crippen molar-refractivity contribution >= 4 is 38.9 Å². The molecule has 116 valence electrons. The minimum Gasteiger partial charge on any atom is -0.393 e. The zero-order chi connectivity index (χ0) is 15.5. The Hall–Kier alpha value is -1.93. The van der Waals surface area contributed by atoms with Gasteiger partial charge in [0.25, 0.3) is 0 Å². The highest BCUT2D eigenvalue weighted by Gasteiger charge is 2.18. The van der Waals surface area contributed by atoms with Crippen LogP contribution < -0.4 is 16.0 Å². The van der Waals surface area contributed by atoms with Crippen LogP contribution in [-0.4, -0.2) is 36.3 Å². The highest BCUT2D eigenvalue weighted by molar-refractivity contribution is 9.10. The SMILES string of the molecule is Nc1c(Nc2ccc(Br)cc2F)ncnc1N1CCOCC1. The van der Waals surface area contributed by atoms with Crippen molar-refractivity contribution in [3.8, 4) is 0 Å². The van der Waals surface area contributed by atoms with Gasteiger partial charge in [0.2, 0.25) is 0 Å². The summed E-state index contributed by atoms with van der Waals surface area (Å²) in [4.78, 5) is 10.4. The van der Waals surface area contributed by atoms with Crippen molar-refractivity contribution in [1.29, 1.82) is 0 Å². The first-order valence-electron chi connectivity index (χ1n) is 6.80. The molecule has 1 aliphatic rings. The van der Waals surface area contributed by atoms with Gasteiger partial charge in [-0.05, 0) is 18.2 Å². The van der Waals surface area contributed by atoms with E-state index in [4.69, 9.17) is 10.5 Å². The summed E-state index contributed by atoms with van der Waals surface area (Å²) in [7, 11) is 0. The Morgan fingerprint density at radius 3 is 2.77 bits per heavy atom. The molecule has 1 saturated heterocycles. The number of nitrogens with one attached hydrogen (secondary N) is 1. The van der Waals surface area contributed by atoms with E-state index in [9.17, 15) is 4.39 Å². The van der Waals surface area contributed by atoms with Crippen LogP contribution in [0.15, 0.2) is 29.0 Å². The van der Waals surface area contributed by atoms with Gasteiger partial charge in [0, 0.05) is 17.6 Å². The number of aromatic nitrogens is 2. The Morgan fingerprint density at radius 1 is 1.27 bits per heavy atom. The van der Waals surface area contributed by atoms with Gasteiger partial charge in [-0.15, -0.1) is 0 Å². The Balaban J connectivity index is 1.87. The third-order valence-corrected chi connectivity index (χ3v) is 3.85. The summed E-state index contributed by atoms with van der Waals surface area (Å²) in [5, 5.41) is 2.92. The molecule has 0 amide bonds. The molecule has 0 radical (unpaired) electrons. The average molecular weight is 368 g/mol. The highest BCUT2D eigenvalue weighted by Crippen LogP contribution is 2.30. The summed E-state index contributed by atoms with van der Waals surface area (Å²) in [6.07, 6.45) is 1.42. The van der Waals surface area contributed by atoms with E-state index in [1.165, 1.54) is 12.4 Å². The molecule has 1 aromatic heterocycles. The van der Waals surface area contributed by atoms with Crippen molar-refractivity contribution in [2.75, 3.05) is 42.3 Å². The normalized spacial score (nSPS) is 14.9. The predicted octanol–water partition coefficient (Wildman–Crippen LogP) is 2.54. The zero-order valence-corrected chi connectivity index (χ0v) is 13.3. The van der Waals surface area contributed by atoms with Crippen molar-refractivity contribution in [3.63, 3.8) is 0 Å². The van der Waals surface area contributed by atoms with Crippen LogP contribution in [0.25, 0.3) is 0 Å². The number of anilines is 4. The first-order valence-corrected chi connectivity index (χ1v) is 7.59. The lowest BCUT2D eigenvalue weighted by Gasteiger charge is -2.29. The van der Waals surface area contributed by atoms with E-state index in [0.29, 0.717) is 53.8 Å².